The summed E-state index contributed by atoms with van der Waals surface area (Å²) in [7, 11) is 1.53. The first-order valence-corrected chi connectivity index (χ1v) is 4.36. The number of pyridine rings is 1. The molecule has 0 aliphatic rings. The summed E-state index contributed by atoms with van der Waals surface area (Å²) < 4.78 is 0. The second-order valence-electron chi connectivity index (χ2n) is 2.47. The Labute approximate surface area is 86.1 Å². The lowest BCUT2D eigenvalue weighted by atomic mass is 10.2. The van der Waals surface area contributed by atoms with E-state index >= 15 is 0 Å². The van der Waals surface area contributed by atoms with Gasteiger partial charge in [-0.3, -0.25) is 4.79 Å². The molecule has 0 aliphatic carbocycles. The molecule has 0 atom stereocenters. The van der Waals surface area contributed by atoms with Crippen LogP contribution in [-0.2, 0) is 0 Å². The molecule has 5 heteroatoms. The van der Waals surface area contributed by atoms with Gasteiger partial charge in [-0.1, -0.05) is 23.2 Å². The average molecular weight is 219 g/mol. The molecule has 0 bridgehead atoms. The number of nitrogens with one attached hydrogen (secondary N) is 1. The summed E-state index contributed by atoms with van der Waals surface area (Å²) in [6, 6.07) is 1.45. The summed E-state index contributed by atoms with van der Waals surface area (Å²) in [5.74, 6) is -0.258. The summed E-state index contributed by atoms with van der Waals surface area (Å²) in [5.41, 5.74) is 0.894. The Kier molecular flexibility index (Phi) is 3.12. The molecule has 0 saturated heterocycles. The van der Waals surface area contributed by atoms with Crippen molar-refractivity contribution in [2.24, 2.45) is 0 Å². The highest BCUT2D eigenvalue weighted by atomic mass is 35.5. The minimum atomic E-state index is -0.258. The first-order chi connectivity index (χ1) is 6.06. The van der Waals surface area contributed by atoms with Gasteiger partial charge in [-0.25, -0.2) is 4.98 Å². The molecule has 13 heavy (non-hydrogen) atoms. The van der Waals surface area contributed by atoms with Gasteiger partial charge in [0, 0.05) is 7.05 Å². The van der Waals surface area contributed by atoms with Crippen molar-refractivity contribution < 1.29 is 4.79 Å². The van der Waals surface area contributed by atoms with E-state index < -0.39 is 0 Å². The van der Waals surface area contributed by atoms with E-state index in [9.17, 15) is 4.79 Å². The number of halogens is 2. The van der Waals surface area contributed by atoms with E-state index in [1.54, 1.807) is 6.92 Å². The van der Waals surface area contributed by atoms with Crippen molar-refractivity contribution >= 4 is 29.1 Å². The third kappa shape index (κ3) is 2.11. The highest BCUT2D eigenvalue weighted by molar-refractivity contribution is 6.36. The monoisotopic (exact) mass is 218 g/mol. The summed E-state index contributed by atoms with van der Waals surface area (Å²) in [4.78, 5) is 15.2. The molecule has 1 aromatic heterocycles. The van der Waals surface area contributed by atoms with Gasteiger partial charge in [-0.15, -0.1) is 0 Å². The smallest absolute Gasteiger partial charge is 0.254 e. The maximum Gasteiger partial charge on any atom is 0.254 e. The Hall–Kier alpha value is -0.800. The third-order valence-corrected chi connectivity index (χ3v) is 2.07. The zero-order valence-electron chi connectivity index (χ0n) is 7.19. The van der Waals surface area contributed by atoms with E-state index in [0.29, 0.717) is 16.3 Å². The van der Waals surface area contributed by atoms with Crippen LogP contribution in [0.5, 0.6) is 0 Å². The van der Waals surface area contributed by atoms with Crippen LogP contribution in [0, 0.1) is 6.92 Å². The number of hydrogen-bond donors (Lipinski definition) is 1. The summed E-state index contributed by atoms with van der Waals surface area (Å²) in [6.07, 6.45) is 0. The van der Waals surface area contributed by atoms with Crippen LogP contribution in [0.3, 0.4) is 0 Å². The van der Waals surface area contributed by atoms with Crippen molar-refractivity contribution in [2.75, 3.05) is 7.05 Å². The lowest BCUT2D eigenvalue weighted by Crippen LogP contribution is -2.20. The van der Waals surface area contributed by atoms with E-state index in [4.69, 9.17) is 23.2 Å². The number of carbonyl (C=O) groups excluding carboxylic acids is 1. The summed E-state index contributed by atoms with van der Waals surface area (Å²) >= 11 is 11.5. The first-order valence-electron chi connectivity index (χ1n) is 3.61. The van der Waals surface area contributed by atoms with Crippen LogP contribution in [0.25, 0.3) is 0 Å². The van der Waals surface area contributed by atoms with Crippen LogP contribution in [0.2, 0.25) is 10.2 Å². The molecule has 0 aliphatic heterocycles. The number of aryl methyl sites for hydroxylation is 1. The number of nitrogens with zero attached hydrogens (tertiary/aromatic N) is 1. The largest absolute Gasteiger partial charge is 0.355 e. The molecule has 1 aromatic rings. The fourth-order valence-electron chi connectivity index (χ4n) is 0.996. The van der Waals surface area contributed by atoms with E-state index in [0.717, 1.165) is 0 Å². The van der Waals surface area contributed by atoms with Crippen LogP contribution in [0.1, 0.15) is 16.1 Å². The molecule has 1 amide bonds. The molecule has 0 unspecified atom stereocenters. The molecule has 1 heterocycles. The quantitative estimate of drug-likeness (QED) is 0.734. The van der Waals surface area contributed by atoms with Crippen molar-refractivity contribution in [2.45, 2.75) is 6.92 Å². The van der Waals surface area contributed by atoms with Gasteiger partial charge in [0.2, 0.25) is 0 Å². The van der Waals surface area contributed by atoms with Gasteiger partial charge in [-0.2, -0.15) is 0 Å². The van der Waals surface area contributed by atoms with Crippen molar-refractivity contribution in [3.8, 4) is 0 Å². The van der Waals surface area contributed by atoms with Crippen LogP contribution < -0.4 is 5.32 Å². The van der Waals surface area contributed by atoms with Gasteiger partial charge in [0.05, 0.1) is 16.3 Å². The van der Waals surface area contributed by atoms with Gasteiger partial charge < -0.3 is 5.32 Å². The van der Waals surface area contributed by atoms with Crippen molar-refractivity contribution in [1.82, 2.24) is 10.3 Å². The Morgan fingerprint density at radius 1 is 1.54 bits per heavy atom. The highest BCUT2D eigenvalue weighted by Crippen LogP contribution is 2.21. The molecular formula is C8H8Cl2N2O. The number of carbonyl (C=O) groups is 1. The van der Waals surface area contributed by atoms with Gasteiger partial charge in [-0.05, 0) is 13.0 Å². The molecule has 0 spiro atoms. The minimum absolute atomic E-state index is 0.258. The second-order valence-corrected chi connectivity index (χ2v) is 3.26. The van der Waals surface area contributed by atoms with Crippen molar-refractivity contribution in [3.63, 3.8) is 0 Å². The van der Waals surface area contributed by atoms with Crippen LogP contribution in [-0.4, -0.2) is 17.9 Å². The zero-order chi connectivity index (χ0) is 10.0. The minimum Gasteiger partial charge on any atom is -0.355 e. The van der Waals surface area contributed by atoms with E-state index in [1.165, 1.54) is 13.1 Å². The Morgan fingerprint density at radius 2 is 2.15 bits per heavy atom. The Bertz CT molecular complexity index is 329. The zero-order valence-corrected chi connectivity index (χ0v) is 8.70. The van der Waals surface area contributed by atoms with E-state index in [-0.39, 0.29) is 11.1 Å². The van der Waals surface area contributed by atoms with Crippen molar-refractivity contribution in [1.29, 1.82) is 0 Å². The molecule has 70 valence electrons. The molecule has 0 saturated carbocycles. The molecule has 1 rings (SSSR count). The standard InChI is InChI=1S/C8H8Cl2N2O/c1-4-7(8(13)11-2)5(9)3-6(10)12-4/h3H,1-2H3,(H,11,13). The first kappa shape index (κ1) is 10.3. The Morgan fingerprint density at radius 3 is 2.62 bits per heavy atom. The van der Waals surface area contributed by atoms with Gasteiger partial charge in [0.1, 0.15) is 5.15 Å². The predicted octanol–water partition coefficient (Wildman–Crippen LogP) is 2.06. The maximum atomic E-state index is 11.3. The average Bonchev–Trinajstić information content (AvgIpc) is 2.02. The molecule has 1 N–H and O–H groups in total. The summed E-state index contributed by atoms with van der Waals surface area (Å²) in [5, 5.41) is 3.08. The molecule has 0 aromatic carbocycles. The summed E-state index contributed by atoms with van der Waals surface area (Å²) in [6.45, 7) is 1.68. The van der Waals surface area contributed by atoms with Crippen molar-refractivity contribution in [3.05, 3.63) is 27.5 Å². The molecule has 3 nitrogen and oxygen atoms in total. The number of rotatable bonds is 1. The SMILES string of the molecule is CNC(=O)c1c(Cl)cc(Cl)nc1C. The number of hydrogen-bond acceptors (Lipinski definition) is 2. The van der Waals surface area contributed by atoms with Crippen LogP contribution in [0.15, 0.2) is 6.07 Å². The van der Waals surface area contributed by atoms with Crippen LogP contribution in [0.4, 0.5) is 0 Å². The van der Waals surface area contributed by atoms with Crippen LogP contribution >= 0.6 is 23.2 Å². The number of aromatic nitrogens is 1. The van der Waals surface area contributed by atoms with E-state index in [1.807, 2.05) is 0 Å². The molecule has 0 fully saturated rings. The highest BCUT2D eigenvalue weighted by Gasteiger charge is 2.13. The molecule has 0 radical (unpaired) electrons. The van der Waals surface area contributed by atoms with Gasteiger partial charge >= 0.3 is 0 Å². The lowest BCUT2D eigenvalue weighted by Gasteiger charge is -2.05. The Balaban J connectivity index is 3.28. The van der Waals surface area contributed by atoms with Gasteiger partial charge in [0.25, 0.3) is 5.91 Å². The predicted molar refractivity (Wildman–Crippen MR) is 52.4 cm³/mol. The molecular weight excluding hydrogens is 211 g/mol. The number of amides is 1. The van der Waals surface area contributed by atoms with E-state index in [2.05, 4.69) is 10.3 Å². The topological polar surface area (TPSA) is 42.0 Å². The normalized spacial score (nSPS) is 9.85. The fraction of sp³-hybridized carbons (Fsp3) is 0.250. The lowest BCUT2D eigenvalue weighted by molar-refractivity contribution is 0.0962. The fourth-order valence-corrected chi connectivity index (χ4v) is 1.61. The van der Waals surface area contributed by atoms with Gasteiger partial charge in [0.15, 0.2) is 0 Å². The third-order valence-electron chi connectivity index (χ3n) is 1.58. The second kappa shape index (κ2) is 3.94. The maximum absolute atomic E-state index is 11.3.